The summed E-state index contributed by atoms with van der Waals surface area (Å²) in [5, 5.41) is 2.95. The molecule has 0 spiro atoms. The molecule has 4 nitrogen and oxygen atoms in total. The number of hydrogen-bond acceptors (Lipinski definition) is 3. The van der Waals surface area contributed by atoms with Gasteiger partial charge in [0.25, 0.3) is 5.91 Å². The van der Waals surface area contributed by atoms with E-state index in [0.717, 1.165) is 16.8 Å². The number of rotatable bonds is 4. The summed E-state index contributed by atoms with van der Waals surface area (Å²) in [6.45, 7) is 4.60. The van der Waals surface area contributed by atoms with Gasteiger partial charge in [0.15, 0.2) is 0 Å². The highest BCUT2D eigenvalue weighted by molar-refractivity contribution is 5.94. The second kappa shape index (κ2) is 7.04. The number of carbonyl (C=O) groups excluding carboxylic acids is 1. The van der Waals surface area contributed by atoms with Gasteiger partial charge in [-0.25, -0.2) is 0 Å². The van der Waals surface area contributed by atoms with E-state index >= 15 is 0 Å². The minimum atomic E-state index is -0.124. The summed E-state index contributed by atoms with van der Waals surface area (Å²) >= 11 is 0. The van der Waals surface area contributed by atoms with Gasteiger partial charge in [0, 0.05) is 30.7 Å². The van der Waals surface area contributed by atoms with Gasteiger partial charge in [-0.2, -0.15) is 0 Å². The summed E-state index contributed by atoms with van der Waals surface area (Å²) in [5.41, 5.74) is 5.77. The number of carbonyl (C=O) groups is 1. The monoisotopic (exact) mass is 317 g/mol. The third-order valence-electron chi connectivity index (χ3n) is 3.93. The predicted molar refractivity (Wildman–Crippen MR) is 94.6 cm³/mol. The number of hydrogen-bond donors (Lipinski definition) is 1. The van der Waals surface area contributed by atoms with Crippen LogP contribution < -0.4 is 5.32 Å². The van der Waals surface area contributed by atoms with Crippen LogP contribution in [0.1, 0.15) is 27.0 Å². The summed E-state index contributed by atoms with van der Waals surface area (Å²) in [4.78, 5) is 20.7. The SMILES string of the molecule is Cc1ccc(C)c(CNC(=O)c2ccc(-c3cccnc3)nc2)c1. The number of benzene rings is 1. The van der Waals surface area contributed by atoms with E-state index in [0.29, 0.717) is 12.1 Å². The summed E-state index contributed by atoms with van der Waals surface area (Å²) in [6, 6.07) is 13.7. The average molecular weight is 317 g/mol. The molecular formula is C20H19N3O. The molecule has 1 aromatic carbocycles. The molecule has 0 unspecified atom stereocenters. The van der Waals surface area contributed by atoms with Crippen molar-refractivity contribution in [3.8, 4) is 11.3 Å². The molecular weight excluding hydrogens is 298 g/mol. The van der Waals surface area contributed by atoms with Crippen LogP contribution in [0.25, 0.3) is 11.3 Å². The molecule has 2 heterocycles. The quantitative estimate of drug-likeness (QED) is 0.798. The summed E-state index contributed by atoms with van der Waals surface area (Å²) in [5.74, 6) is -0.124. The number of aryl methyl sites for hydroxylation is 2. The Kier molecular flexibility index (Phi) is 4.66. The van der Waals surface area contributed by atoms with Crippen molar-refractivity contribution in [2.24, 2.45) is 0 Å². The maximum Gasteiger partial charge on any atom is 0.253 e. The Bertz CT molecular complexity index is 843. The second-order valence-electron chi connectivity index (χ2n) is 5.79. The Labute approximate surface area is 141 Å². The first kappa shape index (κ1) is 15.9. The highest BCUT2D eigenvalue weighted by Gasteiger charge is 2.08. The molecule has 3 rings (SSSR count). The van der Waals surface area contributed by atoms with E-state index in [-0.39, 0.29) is 5.91 Å². The molecule has 0 fully saturated rings. The molecule has 0 saturated heterocycles. The first-order chi connectivity index (χ1) is 11.6. The van der Waals surface area contributed by atoms with E-state index in [1.165, 1.54) is 11.1 Å². The largest absolute Gasteiger partial charge is 0.348 e. The summed E-state index contributed by atoms with van der Waals surface area (Å²) in [6.07, 6.45) is 5.07. The highest BCUT2D eigenvalue weighted by Crippen LogP contribution is 2.15. The average Bonchev–Trinajstić information content (AvgIpc) is 2.63. The molecule has 0 atom stereocenters. The van der Waals surface area contributed by atoms with Crippen LogP contribution in [-0.4, -0.2) is 15.9 Å². The maximum absolute atomic E-state index is 12.3. The van der Waals surface area contributed by atoms with E-state index in [4.69, 9.17) is 0 Å². The number of aromatic nitrogens is 2. The van der Waals surface area contributed by atoms with Gasteiger partial charge < -0.3 is 5.32 Å². The Morgan fingerprint density at radius 2 is 1.96 bits per heavy atom. The lowest BCUT2D eigenvalue weighted by atomic mass is 10.1. The van der Waals surface area contributed by atoms with Crippen molar-refractivity contribution >= 4 is 5.91 Å². The van der Waals surface area contributed by atoms with Crippen LogP contribution in [-0.2, 0) is 6.54 Å². The molecule has 0 radical (unpaired) electrons. The van der Waals surface area contributed by atoms with Gasteiger partial charge in [-0.15, -0.1) is 0 Å². The molecule has 120 valence electrons. The molecule has 2 aromatic heterocycles. The molecule has 1 amide bonds. The summed E-state index contributed by atoms with van der Waals surface area (Å²) < 4.78 is 0. The maximum atomic E-state index is 12.3. The van der Waals surface area contributed by atoms with Crippen LogP contribution in [0.5, 0.6) is 0 Å². The minimum Gasteiger partial charge on any atom is -0.348 e. The predicted octanol–water partition coefficient (Wildman–Crippen LogP) is 3.69. The van der Waals surface area contributed by atoms with Crippen LogP contribution >= 0.6 is 0 Å². The Balaban J connectivity index is 1.68. The van der Waals surface area contributed by atoms with E-state index in [2.05, 4.69) is 33.5 Å². The van der Waals surface area contributed by atoms with Gasteiger partial charge in [0.1, 0.15) is 0 Å². The molecule has 0 saturated carbocycles. The lowest BCUT2D eigenvalue weighted by molar-refractivity contribution is 0.0950. The fraction of sp³-hybridized carbons (Fsp3) is 0.150. The van der Waals surface area contributed by atoms with Crippen molar-refractivity contribution in [1.29, 1.82) is 0 Å². The smallest absolute Gasteiger partial charge is 0.253 e. The first-order valence-corrected chi connectivity index (χ1v) is 7.84. The summed E-state index contributed by atoms with van der Waals surface area (Å²) in [7, 11) is 0. The number of amides is 1. The second-order valence-corrected chi connectivity index (χ2v) is 5.79. The third-order valence-corrected chi connectivity index (χ3v) is 3.93. The van der Waals surface area contributed by atoms with Crippen molar-refractivity contribution in [3.63, 3.8) is 0 Å². The Morgan fingerprint density at radius 1 is 1.08 bits per heavy atom. The van der Waals surface area contributed by atoms with Crippen LogP contribution in [0.4, 0.5) is 0 Å². The number of pyridine rings is 2. The molecule has 0 aliphatic heterocycles. The highest BCUT2D eigenvalue weighted by atomic mass is 16.1. The number of nitrogens with one attached hydrogen (secondary N) is 1. The zero-order valence-electron chi connectivity index (χ0n) is 13.8. The molecule has 1 N–H and O–H groups in total. The van der Waals surface area contributed by atoms with Crippen LogP contribution in [0.2, 0.25) is 0 Å². The van der Waals surface area contributed by atoms with Crippen LogP contribution in [0.3, 0.4) is 0 Å². The van der Waals surface area contributed by atoms with Gasteiger partial charge in [0.2, 0.25) is 0 Å². The van der Waals surface area contributed by atoms with Gasteiger partial charge >= 0.3 is 0 Å². The van der Waals surface area contributed by atoms with Crippen molar-refractivity contribution in [1.82, 2.24) is 15.3 Å². The molecule has 3 aromatic rings. The molecule has 0 aliphatic carbocycles. The standard InChI is InChI=1S/C20H19N3O/c1-14-5-6-15(2)18(10-14)13-23-20(24)17-7-8-19(22-12-17)16-4-3-9-21-11-16/h3-12H,13H2,1-2H3,(H,23,24). The fourth-order valence-corrected chi connectivity index (χ4v) is 2.48. The topological polar surface area (TPSA) is 54.9 Å². The van der Waals surface area contributed by atoms with Crippen molar-refractivity contribution in [2.75, 3.05) is 0 Å². The minimum absolute atomic E-state index is 0.124. The molecule has 0 aliphatic rings. The fourth-order valence-electron chi connectivity index (χ4n) is 2.48. The molecule has 24 heavy (non-hydrogen) atoms. The zero-order chi connectivity index (χ0) is 16.9. The van der Waals surface area contributed by atoms with Crippen LogP contribution in [0, 0.1) is 13.8 Å². The van der Waals surface area contributed by atoms with Gasteiger partial charge in [0.05, 0.1) is 11.3 Å². The Hall–Kier alpha value is -3.01. The van der Waals surface area contributed by atoms with Crippen LogP contribution in [0.15, 0.2) is 61.1 Å². The third kappa shape index (κ3) is 3.66. The number of nitrogens with zero attached hydrogens (tertiary/aromatic N) is 2. The molecule has 4 heteroatoms. The first-order valence-electron chi connectivity index (χ1n) is 7.84. The molecule has 0 bridgehead atoms. The van der Waals surface area contributed by atoms with Gasteiger partial charge in [-0.05, 0) is 49.2 Å². The van der Waals surface area contributed by atoms with E-state index < -0.39 is 0 Å². The zero-order valence-corrected chi connectivity index (χ0v) is 13.8. The van der Waals surface area contributed by atoms with E-state index in [1.54, 1.807) is 24.7 Å². The van der Waals surface area contributed by atoms with E-state index in [9.17, 15) is 4.79 Å². The van der Waals surface area contributed by atoms with Crippen molar-refractivity contribution < 1.29 is 4.79 Å². The normalized spacial score (nSPS) is 10.4. The Morgan fingerprint density at radius 3 is 2.67 bits per heavy atom. The van der Waals surface area contributed by atoms with Crippen molar-refractivity contribution in [3.05, 3.63) is 83.3 Å². The lowest BCUT2D eigenvalue weighted by Gasteiger charge is -2.09. The van der Waals surface area contributed by atoms with Gasteiger partial charge in [-0.3, -0.25) is 14.8 Å². The van der Waals surface area contributed by atoms with Crippen molar-refractivity contribution in [2.45, 2.75) is 20.4 Å². The van der Waals surface area contributed by atoms with Gasteiger partial charge in [-0.1, -0.05) is 23.8 Å². The lowest BCUT2D eigenvalue weighted by Crippen LogP contribution is -2.23. The van der Waals surface area contributed by atoms with E-state index in [1.807, 2.05) is 32.0 Å².